The number of carboxylic acid groups (broad SMARTS) is 1. The molecule has 7 heteroatoms. The second-order valence-electron chi connectivity index (χ2n) is 8.55. The van der Waals surface area contributed by atoms with Gasteiger partial charge in [-0.3, -0.25) is 0 Å². The first-order valence-corrected chi connectivity index (χ1v) is 12.9. The standard InChI is InChI=1S/C12H11O2P.C10H22O2.C7H6O2/c1-3-7-11(8-4-1)13-15-14-12-9-5-2-6-10-12;1-5-6-7-10(4,8(2)11)9(3)12;8-7(9)6-4-2-1-3-5-6/h1-10,15H;8-9,11-12H,5-7H2,1-4H3;1-5H,(H,8,9). The van der Waals surface area contributed by atoms with Crippen molar-refractivity contribution < 1.29 is 29.2 Å². The molecule has 3 rings (SSSR count). The number of benzene rings is 3. The van der Waals surface area contributed by atoms with Crippen molar-refractivity contribution >= 4 is 15.0 Å². The quantitative estimate of drug-likeness (QED) is 0.253. The van der Waals surface area contributed by atoms with Gasteiger partial charge in [-0.1, -0.05) is 81.3 Å². The Morgan fingerprint density at radius 1 is 0.806 bits per heavy atom. The Hall–Kier alpha value is -2.92. The molecule has 3 aromatic rings. The Morgan fingerprint density at radius 3 is 1.50 bits per heavy atom. The first-order chi connectivity index (χ1) is 17.2. The summed E-state index contributed by atoms with van der Waals surface area (Å²) in [6.07, 6.45) is 2.17. The number of aliphatic hydroxyl groups excluding tert-OH is 2. The van der Waals surface area contributed by atoms with E-state index in [9.17, 15) is 15.0 Å². The number of para-hydroxylation sites is 2. The smallest absolute Gasteiger partial charge is 0.335 e. The highest BCUT2D eigenvalue weighted by atomic mass is 31.1. The van der Waals surface area contributed by atoms with Crippen LogP contribution in [-0.4, -0.2) is 33.5 Å². The largest absolute Gasteiger partial charge is 0.478 e. The molecule has 0 saturated carbocycles. The SMILES string of the molecule is CCCCC(C)(C(C)O)C(C)O.O=C(O)c1ccccc1.c1ccc(OPOc2ccccc2)cc1. The number of aromatic carboxylic acids is 1. The predicted molar refractivity (Wildman–Crippen MR) is 147 cm³/mol. The maximum atomic E-state index is 10.2. The minimum atomic E-state index is -0.879. The number of hydrogen-bond donors (Lipinski definition) is 3. The van der Waals surface area contributed by atoms with Gasteiger partial charge in [0, 0.05) is 5.41 Å². The molecular weight excluding hydrogens is 475 g/mol. The Morgan fingerprint density at radius 2 is 1.19 bits per heavy atom. The van der Waals surface area contributed by atoms with E-state index in [2.05, 4.69) is 6.92 Å². The van der Waals surface area contributed by atoms with Crippen molar-refractivity contribution in [2.45, 2.75) is 59.2 Å². The van der Waals surface area contributed by atoms with Gasteiger partial charge in [-0.05, 0) is 56.7 Å². The highest BCUT2D eigenvalue weighted by Crippen LogP contribution is 2.32. The number of unbranched alkanes of at least 4 members (excludes halogenated alkanes) is 1. The number of rotatable bonds is 10. The third kappa shape index (κ3) is 12.2. The molecule has 0 radical (unpaired) electrons. The summed E-state index contributed by atoms with van der Waals surface area (Å²) in [5.41, 5.74) is -0.00627. The van der Waals surface area contributed by atoms with Crippen molar-refractivity contribution in [2.24, 2.45) is 5.41 Å². The number of hydrogen-bond acceptors (Lipinski definition) is 5. The van der Waals surface area contributed by atoms with Crippen molar-refractivity contribution in [3.05, 3.63) is 96.6 Å². The lowest BCUT2D eigenvalue weighted by Gasteiger charge is -2.35. The van der Waals surface area contributed by atoms with Crippen molar-refractivity contribution in [3.8, 4) is 11.5 Å². The summed E-state index contributed by atoms with van der Waals surface area (Å²) >= 11 is 0. The Labute approximate surface area is 216 Å². The van der Waals surface area contributed by atoms with Gasteiger partial charge in [-0.15, -0.1) is 0 Å². The average Bonchev–Trinajstić information content (AvgIpc) is 2.89. The summed E-state index contributed by atoms with van der Waals surface area (Å²) in [7, 11) is -0.0129. The molecule has 3 aromatic carbocycles. The van der Waals surface area contributed by atoms with E-state index in [1.807, 2.05) is 67.6 Å². The van der Waals surface area contributed by atoms with Crippen LogP contribution in [-0.2, 0) is 0 Å². The fourth-order valence-electron chi connectivity index (χ4n) is 3.00. The number of carbonyl (C=O) groups is 1. The van der Waals surface area contributed by atoms with Gasteiger partial charge in [0.2, 0.25) is 0 Å². The topological polar surface area (TPSA) is 96.2 Å². The summed E-state index contributed by atoms with van der Waals surface area (Å²) < 4.78 is 10.8. The van der Waals surface area contributed by atoms with Gasteiger partial charge in [-0.2, -0.15) is 0 Å². The molecule has 0 aromatic heterocycles. The van der Waals surface area contributed by atoms with E-state index in [0.29, 0.717) is 5.56 Å². The Bertz CT molecular complexity index is 902. The highest BCUT2D eigenvalue weighted by molar-refractivity contribution is 7.27. The van der Waals surface area contributed by atoms with E-state index in [4.69, 9.17) is 14.2 Å². The van der Waals surface area contributed by atoms with Gasteiger partial charge in [0.25, 0.3) is 9.03 Å². The molecule has 0 bridgehead atoms. The molecule has 2 unspecified atom stereocenters. The van der Waals surface area contributed by atoms with Crippen LogP contribution >= 0.6 is 9.03 Å². The van der Waals surface area contributed by atoms with Gasteiger partial charge in [0.1, 0.15) is 11.5 Å². The normalized spacial score (nSPS) is 13.4. The number of aliphatic hydroxyl groups is 2. The minimum absolute atomic E-state index is 0.0129. The molecular formula is C29H39O6P. The van der Waals surface area contributed by atoms with E-state index in [0.717, 1.165) is 30.8 Å². The second kappa shape index (κ2) is 17.5. The molecule has 2 atom stereocenters. The Kier molecular flexibility index (Phi) is 15.1. The lowest BCUT2D eigenvalue weighted by Crippen LogP contribution is -2.39. The lowest BCUT2D eigenvalue weighted by molar-refractivity contribution is -0.0481. The fourth-order valence-corrected chi connectivity index (χ4v) is 3.51. The molecule has 3 N–H and O–H groups in total. The molecule has 196 valence electrons. The molecule has 0 aliphatic heterocycles. The van der Waals surface area contributed by atoms with Gasteiger partial charge in [-0.25, -0.2) is 4.79 Å². The monoisotopic (exact) mass is 514 g/mol. The molecule has 0 fully saturated rings. The second-order valence-corrected chi connectivity index (χ2v) is 9.12. The van der Waals surface area contributed by atoms with E-state index in [1.165, 1.54) is 0 Å². The van der Waals surface area contributed by atoms with Crippen LogP contribution < -0.4 is 9.05 Å². The zero-order valence-corrected chi connectivity index (χ0v) is 22.5. The Balaban J connectivity index is 0.000000280. The van der Waals surface area contributed by atoms with Crippen molar-refractivity contribution in [1.29, 1.82) is 0 Å². The van der Waals surface area contributed by atoms with Crippen LogP contribution in [0.2, 0.25) is 0 Å². The van der Waals surface area contributed by atoms with Gasteiger partial charge in [0.15, 0.2) is 0 Å². The van der Waals surface area contributed by atoms with Crippen LogP contribution in [0.1, 0.15) is 57.3 Å². The van der Waals surface area contributed by atoms with Crippen LogP contribution in [0.5, 0.6) is 11.5 Å². The highest BCUT2D eigenvalue weighted by Gasteiger charge is 2.34. The van der Waals surface area contributed by atoms with E-state index in [1.54, 1.807) is 44.2 Å². The van der Waals surface area contributed by atoms with Crippen LogP contribution in [0.4, 0.5) is 0 Å². The van der Waals surface area contributed by atoms with Gasteiger partial charge >= 0.3 is 5.97 Å². The van der Waals surface area contributed by atoms with Gasteiger partial charge < -0.3 is 24.4 Å². The van der Waals surface area contributed by atoms with Crippen LogP contribution in [0.25, 0.3) is 0 Å². The summed E-state index contributed by atoms with van der Waals surface area (Å²) in [5, 5.41) is 27.4. The maximum Gasteiger partial charge on any atom is 0.335 e. The van der Waals surface area contributed by atoms with Crippen molar-refractivity contribution in [2.75, 3.05) is 0 Å². The molecule has 0 spiro atoms. The zero-order valence-electron chi connectivity index (χ0n) is 21.5. The van der Waals surface area contributed by atoms with Crippen LogP contribution in [0, 0.1) is 5.41 Å². The van der Waals surface area contributed by atoms with Gasteiger partial charge in [0.05, 0.1) is 17.8 Å². The van der Waals surface area contributed by atoms with Crippen molar-refractivity contribution in [3.63, 3.8) is 0 Å². The molecule has 0 heterocycles. The summed E-state index contributed by atoms with van der Waals surface area (Å²) in [6.45, 7) is 7.56. The van der Waals surface area contributed by atoms with Crippen LogP contribution in [0.15, 0.2) is 91.0 Å². The molecule has 0 aliphatic carbocycles. The summed E-state index contributed by atoms with van der Waals surface area (Å²) in [4.78, 5) is 10.2. The fraction of sp³-hybridized carbons (Fsp3) is 0.345. The summed E-state index contributed by atoms with van der Waals surface area (Å²) in [5.74, 6) is 0.772. The lowest BCUT2D eigenvalue weighted by atomic mass is 9.76. The van der Waals surface area contributed by atoms with Crippen LogP contribution in [0.3, 0.4) is 0 Å². The van der Waals surface area contributed by atoms with Crippen molar-refractivity contribution in [1.82, 2.24) is 0 Å². The third-order valence-electron chi connectivity index (χ3n) is 5.80. The van der Waals surface area contributed by atoms with E-state index >= 15 is 0 Å². The third-order valence-corrected chi connectivity index (χ3v) is 6.44. The zero-order chi connectivity index (χ0) is 26.8. The summed E-state index contributed by atoms with van der Waals surface area (Å²) in [6, 6.07) is 27.5. The molecule has 36 heavy (non-hydrogen) atoms. The maximum absolute atomic E-state index is 10.2. The molecule has 0 aliphatic rings. The molecule has 0 saturated heterocycles. The van der Waals surface area contributed by atoms with E-state index < -0.39 is 18.2 Å². The predicted octanol–water partition coefficient (Wildman–Crippen LogP) is 6.98. The van der Waals surface area contributed by atoms with E-state index in [-0.39, 0.29) is 14.4 Å². The molecule has 0 amide bonds. The minimum Gasteiger partial charge on any atom is -0.478 e. The number of carboxylic acids is 1. The average molecular weight is 515 g/mol. The first-order valence-electron chi connectivity index (χ1n) is 12.0. The first kappa shape index (κ1) is 31.1. The molecule has 6 nitrogen and oxygen atoms in total.